The third-order valence-electron chi connectivity index (χ3n) is 6.07. The van der Waals surface area contributed by atoms with Crippen LogP contribution in [0.2, 0.25) is 0 Å². The molecule has 4 aromatic carbocycles. The second kappa shape index (κ2) is 7.89. The summed E-state index contributed by atoms with van der Waals surface area (Å²) in [4.78, 5) is 5.08. The van der Waals surface area contributed by atoms with Gasteiger partial charge in [-0.3, -0.25) is 0 Å². The van der Waals surface area contributed by atoms with Crippen LogP contribution in [-0.2, 0) is 5.54 Å². The van der Waals surface area contributed by atoms with Gasteiger partial charge in [-0.05, 0) is 58.1 Å². The van der Waals surface area contributed by atoms with Crippen LogP contribution < -0.4 is 15.2 Å². The van der Waals surface area contributed by atoms with Gasteiger partial charge < -0.3 is 15.2 Å². The Morgan fingerprint density at radius 3 is 2.09 bits per heavy atom. The minimum atomic E-state index is -0.734. The van der Waals surface area contributed by atoms with Gasteiger partial charge in [-0.25, -0.2) is 4.99 Å². The van der Waals surface area contributed by atoms with Crippen molar-refractivity contribution in [3.63, 3.8) is 0 Å². The van der Waals surface area contributed by atoms with E-state index in [0.29, 0.717) is 5.84 Å². The zero-order valence-corrected chi connectivity index (χ0v) is 18.1. The Bertz CT molecular complexity index is 1310. The molecule has 1 atom stereocenters. The van der Waals surface area contributed by atoms with E-state index in [4.69, 9.17) is 20.2 Å². The van der Waals surface area contributed by atoms with Gasteiger partial charge >= 0.3 is 0 Å². The van der Waals surface area contributed by atoms with Gasteiger partial charge in [0, 0.05) is 5.56 Å². The van der Waals surface area contributed by atoms with E-state index in [1.165, 1.54) is 0 Å². The minimum absolute atomic E-state index is 0.545. The third kappa shape index (κ3) is 3.12. The highest BCUT2D eigenvalue weighted by atomic mass is 16.5. The highest BCUT2D eigenvalue weighted by molar-refractivity contribution is 6.03. The van der Waals surface area contributed by atoms with E-state index in [2.05, 4.69) is 48.5 Å². The van der Waals surface area contributed by atoms with Gasteiger partial charge in [0.05, 0.1) is 14.2 Å². The van der Waals surface area contributed by atoms with Crippen LogP contribution in [0.25, 0.3) is 11.1 Å². The molecule has 0 bridgehead atoms. The molecule has 158 valence electrons. The quantitative estimate of drug-likeness (QED) is 0.471. The topological polar surface area (TPSA) is 56.8 Å². The van der Waals surface area contributed by atoms with E-state index >= 15 is 0 Å². The van der Waals surface area contributed by atoms with Gasteiger partial charge in [0.2, 0.25) is 0 Å². The molecule has 4 aromatic rings. The summed E-state index contributed by atoms with van der Waals surface area (Å²) in [6.07, 6.45) is 0. The van der Waals surface area contributed by atoms with Gasteiger partial charge in [-0.15, -0.1) is 0 Å². The molecule has 4 heteroatoms. The molecular weight excluding hydrogens is 396 g/mol. The maximum atomic E-state index is 6.45. The molecule has 0 aromatic heterocycles. The number of nitrogens with two attached hydrogens (primary N) is 1. The summed E-state index contributed by atoms with van der Waals surface area (Å²) in [5.74, 6) is 2.17. The number of hydrogen-bond donors (Lipinski definition) is 1. The Balaban J connectivity index is 1.74. The van der Waals surface area contributed by atoms with E-state index in [9.17, 15) is 0 Å². The standard InChI is InChI=1S/C28H24N2O2/c1-31-23-15-13-21(14-16-23)28(26-12-4-3-11-25(26)27(29)30-28)22-9-5-7-19(17-22)20-8-6-10-24(18-20)32-2/h3-18H,1-2H3,(H2,29,30). The number of nitrogens with zero attached hydrogens (tertiary/aromatic N) is 1. The Hall–Kier alpha value is -4.05. The lowest BCUT2D eigenvalue weighted by Gasteiger charge is -2.29. The summed E-state index contributed by atoms with van der Waals surface area (Å²) < 4.78 is 10.8. The molecule has 1 aliphatic rings. The number of fused-ring (bicyclic) bond motifs is 1. The summed E-state index contributed by atoms with van der Waals surface area (Å²) in [5.41, 5.74) is 12.0. The first kappa shape index (κ1) is 19.9. The monoisotopic (exact) mass is 420 g/mol. The Morgan fingerprint density at radius 1 is 0.656 bits per heavy atom. The maximum absolute atomic E-state index is 6.45. The first-order valence-electron chi connectivity index (χ1n) is 10.5. The predicted octanol–water partition coefficient (Wildman–Crippen LogP) is 5.38. The lowest BCUT2D eigenvalue weighted by Crippen LogP contribution is -2.25. The van der Waals surface area contributed by atoms with Crippen LogP contribution >= 0.6 is 0 Å². The second-order valence-corrected chi connectivity index (χ2v) is 7.79. The van der Waals surface area contributed by atoms with Gasteiger partial charge in [0.25, 0.3) is 0 Å². The average Bonchev–Trinajstić information content (AvgIpc) is 3.17. The fourth-order valence-corrected chi connectivity index (χ4v) is 4.49. The molecule has 2 N–H and O–H groups in total. The fraction of sp³-hybridized carbons (Fsp3) is 0.107. The van der Waals surface area contributed by atoms with E-state index in [1.807, 2.05) is 48.5 Å². The van der Waals surface area contributed by atoms with Crippen molar-refractivity contribution in [3.05, 3.63) is 119 Å². The molecule has 4 nitrogen and oxygen atoms in total. The number of aliphatic imine (C=N–C) groups is 1. The van der Waals surface area contributed by atoms with E-state index in [-0.39, 0.29) is 0 Å². The van der Waals surface area contributed by atoms with Crippen LogP contribution in [0.1, 0.15) is 22.3 Å². The van der Waals surface area contributed by atoms with Crippen LogP contribution in [0.15, 0.2) is 102 Å². The van der Waals surface area contributed by atoms with E-state index in [1.54, 1.807) is 14.2 Å². The largest absolute Gasteiger partial charge is 0.497 e. The van der Waals surface area contributed by atoms with Crippen LogP contribution in [0.5, 0.6) is 11.5 Å². The molecule has 1 unspecified atom stereocenters. The highest BCUT2D eigenvalue weighted by Crippen LogP contribution is 2.46. The van der Waals surface area contributed by atoms with E-state index in [0.717, 1.165) is 44.9 Å². The smallest absolute Gasteiger partial charge is 0.139 e. The van der Waals surface area contributed by atoms with Crippen molar-refractivity contribution in [3.8, 4) is 22.6 Å². The highest BCUT2D eigenvalue weighted by Gasteiger charge is 2.42. The molecule has 0 fully saturated rings. The number of hydrogen-bond acceptors (Lipinski definition) is 4. The zero-order valence-electron chi connectivity index (χ0n) is 18.1. The molecule has 0 spiro atoms. The molecule has 5 rings (SSSR count). The van der Waals surface area contributed by atoms with Crippen LogP contribution in [0, 0.1) is 0 Å². The van der Waals surface area contributed by atoms with Crippen LogP contribution in [0.3, 0.4) is 0 Å². The van der Waals surface area contributed by atoms with E-state index < -0.39 is 5.54 Å². The zero-order chi connectivity index (χ0) is 22.1. The van der Waals surface area contributed by atoms with Crippen molar-refractivity contribution in [2.75, 3.05) is 14.2 Å². The van der Waals surface area contributed by atoms with Gasteiger partial charge in [0.15, 0.2) is 0 Å². The summed E-state index contributed by atoms with van der Waals surface area (Å²) in [6.45, 7) is 0. The summed E-state index contributed by atoms with van der Waals surface area (Å²) >= 11 is 0. The lowest BCUT2D eigenvalue weighted by molar-refractivity contribution is 0.414. The van der Waals surface area contributed by atoms with Crippen molar-refractivity contribution in [2.45, 2.75) is 5.54 Å². The minimum Gasteiger partial charge on any atom is -0.497 e. The van der Waals surface area contributed by atoms with Crippen molar-refractivity contribution in [2.24, 2.45) is 10.7 Å². The predicted molar refractivity (Wildman–Crippen MR) is 128 cm³/mol. The maximum Gasteiger partial charge on any atom is 0.139 e. The molecule has 1 aliphatic heterocycles. The van der Waals surface area contributed by atoms with Gasteiger partial charge in [-0.1, -0.05) is 66.7 Å². The molecule has 0 aliphatic carbocycles. The summed E-state index contributed by atoms with van der Waals surface area (Å²) in [5, 5.41) is 0. The Morgan fingerprint density at radius 2 is 1.34 bits per heavy atom. The number of ether oxygens (including phenoxy) is 2. The molecular formula is C28H24N2O2. The molecule has 32 heavy (non-hydrogen) atoms. The number of amidine groups is 1. The van der Waals surface area contributed by atoms with Crippen molar-refractivity contribution in [1.82, 2.24) is 0 Å². The summed E-state index contributed by atoms with van der Waals surface area (Å²) in [7, 11) is 3.35. The first-order valence-corrected chi connectivity index (χ1v) is 10.5. The van der Waals surface area contributed by atoms with Crippen LogP contribution in [0.4, 0.5) is 0 Å². The number of rotatable bonds is 5. The Labute approximate surface area is 188 Å². The molecule has 0 saturated heterocycles. The Kier molecular flexibility index (Phi) is 4.91. The second-order valence-electron chi connectivity index (χ2n) is 7.79. The normalized spacial score (nSPS) is 16.9. The van der Waals surface area contributed by atoms with Crippen LogP contribution in [-0.4, -0.2) is 20.1 Å². The van der Waals surface area contributed by atoms with Crippen molar-refractivity contribution >= 4 is 5.84 Å². The fourth-order valence-electron chi connectivity index (χ4n) is 4.49. The lowest BCUT2D eigenvalue weighted by atomic mass is 9.77. The average molecular weight is 421 g/mol. The summed E-state index contributed by atoms with van der Waals surface area (Å²) in [6, 6.07) is 32.8. The molecule has 0 saturated carbocycles. The van der Waals surface area contributed by atoms with Crippen molar-refractivity contribution in [1.29, 1.82) is 0 Å². The number of benzene rings is 4. The molecule has 0 amide bonds. The number of methoxy groups -OCH3 is 2. The SMILES string of the molecule is COc1ccc(C2(c3cccc(-c4cccc(OC)c4)c3)N=C(N)c3ccccc32)cc1. The van der Waals surface area contributed by atoms with Gasteiger partial charge in [-0.2, -0.15) is 0 Å². The van der Waals surface area contributed by atoms with Gasteiger partial charge in [0.1, 0.15) is 22.9 Å². The third-order valence-corrected chi connectivity index (χ3v) is 6.07. The first-order chi connectivity index (χ1) is 15.7. The van der Waals surface area contributed by atoms with Crippen molar-refractivity contribution < 1.29 is 9.47 Å². The molecule has 1 heterocycles. The molecule has 0 radical (unpaired) electrons.